The van der Waals surface area contributed by atoms with Crippen LogP contribution in [0.15, 0.2) is 108 Å². The molecule has 0 atom stereocenters. The number of ether oxygens (including phenoxy) is 3. The van der Waals surface area contributed by atoms with Crippen LogP contribution in [0.1, 0.15) is 16.7 Å². The lowest BCUT2D eigenvalue weighted by molar-refractivity contribution is 0.229. The normalized spacial score (nSPS) is 10.5. The summed E-state index contributed by atoms with van der Waals surface area (Å²) in [7, 11) is 0. The lowest BCUT2D eigenvalue weighted by Crippen LogP contribution is -2.04. The second-order valence-electron chi connectivity index (χ2n) is 7.09. The molecule has 0 amide bonds. The second-order valence-corrected chi connectivity index (χ2v) is 7.61. The summed E-state index contributed by atoms with van der Waals surface area (Å²) < 4.78 is 18.5. The topological polar surface area (TPSA) is 27.7 Å². The maximum atomic E-state index is 6.20. The van der Waals surface area contributed by atoms with Crippen molar-refractivity contribution in [3.63, 3.8) is 0 Å². The van der Waals surface area contributed by atoms with Gasteiger partial charge in [0.05, 0.1) is 0 Å². The molecule has 0 aliphatic carbocycles. The van der Waals surface area contributed by atoms with E-state index < -0.39 is 0 Å². The first-order chi connectivity index (χ1) is 15.3. The average Bonchev–Trinajstić information content (AvgIpc) is 2.82. The van der Waals surface area contributed by atoms with Crippen LogP contribution in [0.4, 0.5) is 0 Å². The monoisotopic (exact) mass is 428 g/mol. The first kappa shape index (κ1) is 20.9. The number of rotatable bonds is 9. The van der Waals surface area contributed by atoms with Crippen LogP contribution in [0.25, 0.3) is 0 Å². The van der Waals surface area contributed by atoms with Gasteiger partial charge < -0.3 is 14.2 Å². The minimum atomic E-state index is 0.413. The molecule has 156 valence electrons. The smallest absolute Gasteiger partial charge is 0.204 e. The van der Waals surface area contributed by atoms with Gasteiger partial charge in [-0.1, -0.05) is 91.0 Å². The summed E-state index contributed by atoms with van der Waals surface area (Å²) >= 11 is 4.55. The van der Waals surface area contributed by atoms with Crippen LogP contribution in [0, 0.1) is 0 Å². The minimum Gasteiger partial charge on any atom is -0.485 e. The Bertz CT molecular complexity index is 1020. The molecule has 0 aliphatic rings. The maximum absolute atomic E-state index is 6.20. The van der Waals surface area contributed by atoms with E-state index >= 15 is 0 Å². The third-order valence-corrected chi connectivity index (χ3v) is 4.96. The molecule has 0 heterocycles. The zero-order valence-electron chi connectivity index (χ0n) is 17.1. The summed E-state index contributed by atoms with van der Waals surface area (Å²) in [4.78, 5) is 0.748. The van der Waals surface area contributed by atoms with Gasteiger partial charge in [0.15, 0.2) is 11.5 Å². The van der Waals surface area contributed by atoms with E-state index in [2.05, 4.69) is 12.6 Å². The van der Waals surface area contributed by atoms with Gasteiger partial charge in [-0.15, -0.1) is 12.6 Å². The summed E-state index contributed by atoms with van der Waals surface area (Å²) in [5.41, 5.74) is 3.22. The van der Waals surface area contributed by atoms with Gasteiger partial charge in [-0.2, -0.15) is 0 Å². The van der Waals surface area contributed by atoms with Crippen molar-refractivity contribution in [1.82, 2.24) is 0 Å². The zero-order valence-corrected chi connectivity index (χ0v) is 18.0. The molecule has 4 rings (SSSR count). The van der Waals surface area contributed by atoms with Gasteiger partial charge in [0, 0.05) is 4.90 Å². The van der Waals surface area contributed by atoms with Gasteiger partial charge in [0.1, 0.15) is 19.8 Å². The van der Waals surface area contributed by atoms with Crippen LogP contribution in [-0.4, -0.2) is 0 Å². The van der Waals surface area contributed by atoms with E-state index in [9.17, 15) is 0 Å². The maximum Gasteiger partial charge on any atom is 0.204 e. The van der Waals surface area contributed by atoms with E-state index in [4.69, 9.17) is 14.2 Å². The first-order valence-electron chi connectivity index (χ1n) is 10.1. The van der Waals surface area contributed by atoms with Crippen LogP contribution in [0.5, 0.6) is 17.2 Å². The Kier molecular flexibility index (Phi) is 7.14. The van der Waals surface area contributed by atoms with E-state index in [1.807, 2.05) is 103 Å². The van der Waals surface area contributed by atoms with Crippen molar-refractivity contribution in [2.45, 2.75) is 24.7 Å². The van der Waals surface area contributed by atoms with E-state index in [-0.39, 0.29) is 0 Å². The molecule has 4 aromatic rings. The van der Waals surface area contributed by atoms with Crippen LogP contribution < -0.4 is 14.2 Å². The number of hydrogen-bond acceptors (Lipinski definition) is 4. The Hall–Kier alpha value is -3.37. The Morgan fingerprint density at radius 2 is 0.839 bits per heavy atom. The highest BCUT2D eigenvalue weighted by Crippen LogP contribution is 2.41. The highest BCUT2D eigenvalue weighted by Gasteiger charge is 2.16. The van der Waals surface area contributed by atoms with Gasteiger partial charge in [-0.25, -0.2) is 0 Å². The van der Waals surface area contributed by atoms with Gasteiger partial charge in [0.2, 0.25) is 5.75 Å². The van der Waals surface area contributed by atoms with Crippen molar-refractivity contribution in [2.24, 2.45) is 0 Å². The van der Waals surface area contributed by atoms with Crippen molar-refractivity contribution in [1.29, 1.82) is 0 Å². The molecule has 0 spiro atoms. The predicted octanol–water partition coefficient (Wildman–Crippen LogP) is 6.71. The van der Waals surface area contributed by atoms with Crippen molar-refractivity contribution < 1.29 is 14.2 Å². The number of thiol groups is 1. The fourth-order valence-corrected chi connectivity index (χ4v) is 3.35. The first-order valence-corrected chi connectivity index (χ1v) is 10.6. The van der Waals surface area contributed by atoms with Gasteiger partial charge in [-0.05, 0) is 28.8 Å². The Labute approximate surface area is 188 Å². The summed E-state index contributed by atoms with van der Waals surface area (Å²) in [5.74, 6) is 1.79. The fraction of sp³-hybridized carbons (Fsp3) is 0.111. The zero-order chi connectivity index (χ0) is 21.3. The fourth-order valence-electron chi connectivity index (χ4n) is 3.12. The molecule has 4 heteroatoms. The van der Waals surface area contributed by atoms with Crippen LogP contribution >= 0.6 is 12.6 Å². The van der Waals surface area contributed by atoms with Crippen molar-refractivity contribution in [3.8, 4) is 17.2 Å². The predicted molar refractivity (Wildman–Crippen MR) is 126 cm³/mol. The lowest BCUT2D eigenvalue weighted by Gasteiger charge is -2.18. The van der Waals surface area contributed by atoms with Crippen molar-refractivity contribution >= 4 is 12.6 Å². The van der Waals surface area contributed by atoms with E-state index in [1.165, 1.54) is 0 Å². The van der Waals surface area contributed by atoms with Crippen LogP contribution in [0.2, 0.25) is 0 Å². The molecule has 3 nitrogen and oxygen atoms in total. The van der Waals surface area contributed by atoms with Crippen LogP contribution in [-0.2, 0) is 19.8 Å². The molecular formula is C27H24O3S. The Morgan fingerprint density at radius 1 is 0.484 bits per heavy atom. The molecule has 0 unspecified atom stereocenters. The molecule has 0 fully saturated rings. The molecule has 0 bridgehead atoms. The van der Waals surface area contributed by atoms with E-state index in [0.29, 0.717) is 37.1 Å². The van der Waals surface area contributed by atoms with Gasteiger partial charge in [-0.3, -0.25) is 0 Å². The molecule has 0 aromatic heterocycles. The van der Waals surface area contributed by atoms with Gasteiger partial charge in [0.25, 0.3) is 0 Å². The summed E-state index contributed by atoms with van der Waals surface area (Å²) in [5, 5.41) is 0. The largest absolute Gasteiger partial charge is 0.485 e. The third-order valence-electron chi connectivity index (χ3n) is 4.71. The average molecular weight is 429 g/mol. The standard InChI is InChI=1S/C27H24O3S/c31-24-16-25(28-18-21-10-4-1-5-11-21)27(30-20-23-14-8-3-9-15-23)26(17-24)29-19-22-12-6-2-7-13-22/h1-17,31H,18-20H2. The summed E-state index contributed by atoms with van der Waals surface area (Å²) in [6, 6.07) is 33.8. The molecule has 0 saturated heterocycles. The second kappa shape index (κ2) is 10.6. The Balaban J connectivity index is 1.58. The minimum absolute atomic E-state index is 0.413. The molecule has 0 saturated carbocycles. The quantitative estimate of drug-likeness (QED) is 0.300. The van der Waals surface area contributed by atoms with Crippen molar-refractivity contribution in [2.75, 3.05) is 0 Å². The summed E-state index contributed by atoms with van der Waals surface area (Å²) in [6.07, 6.45) is 0. The highest BCUT2D eigenvalue weighted by atomic mass is 32.1. The van der Waals surface area contributed by atoms with E-state index in [1.54, 1.807) is 0 Å². The molecule has 0 radical (unpaired) electrons. The molecule has 31 heavy (non-hydrogen) atoms. The van der Waals surface area contributed by atoms with Crippen LogP contribution in [0.3, 0.4) is 0 Å². The molecular weight excluding hydrogens is 404 g/mol. The lowest BCUT2D eigenvalue weighted by atomic mass is 10.2. The molecule has 4 aromatic carbocycles. The van der Waals surface area contributed by atoms with E-state index in [0.717, 1.165) is 21.6 Å². The molecule has 0 N–H and O–H groups in total. The van der Waals surface area contributed by atoms with Gasteiger partial charge >= 0.3 is 0 Å². The Morgan fingerprint density at radius 3 is 1.23 bits per heavy atom. The number of hydrogen-bond donors (Lipinski definition) is 1. The molecule has 0 aliphatic heterocycles. The summed E-state index contributed by atoms with van der Waals surface area (Å²) in [6.45, 7) is 1.27. The number of benzene rings is 4. The SMILES string of the molecule is Sc1cc(OCc2ccccc2)c(OCc2ccccc2)c(OCc2ccccc2)c1. The van der Waals surface area contributed by atoms with Crippen molar-refractivity contribution in [3.05, 3.63) is 120 Å². The third kappa shape index (κ3) is 6.06. The highest BCUT2D eigenvalue weighted by molar-refractivity contribution is 7.80.